The molecule has 272 valence electrons. The molecule has 0 radical (unpaired) electrons. The number of rotatable bonds is 10. The van der Waals surface area contributed by atoms with Crippen LogP contribution in [0, 0.1) is 27.9 Å². The number of aromatic amines is 2. The summed E-state index contributed by atoms with van der Waals surface area (Å²) in [6.45, 7) is 5.88. The van der Waals surface area contributed by atoms with Crippen molar-refractivity contribution in [3.05, 3.63) is 81.7 Å². The fourth-order valence-electron chi connectivity index (χ4n) is 9.68. The number of methoxy groups -OCH3 is 1. The van der Waals surface area contributed by atoms with Crippen LogP contribution in [0.25, 0.3) is 33.6 Å². The molecule has 1 aliphatic heterocycles. The summed E-state index contributed by atoms with van der Waals surface area (Å²) < 4.78 is 4.86. The number of aromatic nitrogens is 4. The zero-order valence-corrected chi connectivity index (χ0v) is 29.7. The van der Waals surface area contributed by atoms with Crippen molar-refractivity contribution in [1.29, 1.82) is 0 Å². The lowest BCUT2D eigenvalue weighted by molar-refractivity contribution is -0.568. The molecule has 8 rings (SSSR count). The Morgan fingerprint density at radius 2 is 1.65 bits per heavy atom. The molecule has 4 aliphatic rings. The molecule has 13 heteroatoms. The van der Waals surface area contributed by atoms with E-state index >= 15 is 0 Å². The SMILES string of the molecule is COC(=O)N[C@H](CN1CCC[C@H]1c1ncc(-c2ccc3c(c2)CCc2cc(-c4cnc(C5C6CCC(C6)C5(C(=O)O)[N+](=O)[O-])[nH]4)ccc2-3)[nH]1)C(C)C. The normalized spacial score (nSPS) is 25.5. The van der Waals surface area contributed by atoms with Gasteiger partial charge in [0, 0.05) is 23.4 Å². The molecule has 2 bridgehead atoms. The van der Waals surface area contributed by atoms with Crippen LogP contribution in [0.4, 0.5) is 4.79 Å². The van der Waals surface area contributed by atoms with Crippen LogP contribution in [0.2, 0.25) is 0 Å². The number of fused-ring (bicyclic) bond motifs is 5. The van der Waals surface area contributed by atoms with E-state index in [-0.39, 0.29) is 23.9 Å². The molecule has 2 aromatic carbocycles. The van der Waals surface area contributed by atoms with Crippen LogP contribution < -0.4 is 5.32 Å². The number of benzene rings is 2. The van der Waals surface area contributed by atoms with Gasteiger partial charge >= 0.3 is 17.6 Å². The lowest BCUT2D eigenvalue weighted by atomic mass is 9.72. The molecule has 6 atom stereocenters. The summed E-state index contributed by atoms with van der Waals surface area (Å²) in [4.78, 5) is 54.8. The summed E-state index contributed by atoms with van der Waals surface area (Å²) in [5, 5.41) is 25.4. The highest BCUT2D eigenvalue weighted by atomic mass is 16.6. The van der Waals surface area contributed by atoms with Gasteiger partial charge in [0.05, 0.1) is 36.9 Å². The number of alkyl carbamates (subject to hydrolysis) is 1. The fraction of sp³-hybridized carbons (Fsp3) is 0.487. The Morgan fingerprint density at radius 1 is 1.02 bits per heavy atom. The Kier molecular flexibility index (Phi) is 8.63. The molecule has 0 spiro atoms. The number of aryl methyl sites for hydroxylation is 2. The van der Waals surface area contributed by atoms with E-state index in [1.165, 1.54) is 29.4 Å². The Hall–Kier alpha value is -5.04. The summed E-state index contributed by atoms with van der Waals surface area (Å²) in [6.07, 6.45) is 8.90. The van der Waals surface area contributed by atoms with Crippen LogP contribution in [0.5, 0.6) is 0 Å². The number of carbonyl (C=O) groups excluding carboxylic acids is 1. The molecule has 13 nitrogen and oxygen atoms in total. The lowest BCUT2D eigenvalue weighted by Crippen LogP contribution is -2.55. The number of hydrogen-bond acceptors (Lipinski definition) is 8. The van der Waals surface area contributed by atoms with Crippen molar-refractivity contribution < 1.29 is 24.4 Å². The predicted octanol–water partition coefficient (Wildman–Crippen LogP) is 6.36. The zero-order valence-electron chi connectivity index (χ0n) is 29.7. The summed E-state index contributed by atoms with van der Waals surface area (Å²) in [5.41, 5.74) is 6.55. The fourth-order valence-corrected chi connectivity index (χ4v) is 9.68. The molecule has 1 amide bonds. The number of nitrogens with zero attached hydrogens (tertiary/aromatic N) is 4. The quantitative estimate of drug-likeness (QED) is 0.108. The van der Waals surface area contributed by atoms with Crippen molar-refractivity contribution in [2.24, 2.45) is 17.8 Å². The van der Waals surface area contributed by atoms with E-state index in [0.29, 0.717) is 18.7 Å². The minimum atomic E-state index is -2.04. The van der Waals surface area contributed by atoms with Crippen LogP contribution in [-0.2, 0) is 22.4 Å². The number of ether oxygens (including phenoxy) is 1. The van der Waals surface area contributed by atoms with E-state index in [0.717, 1.165) is 73.5 Å². The Bertz CT molecular complexity index is 2020. The molecular weight excluding hydrogens is 662 g/mol. The number of hydrogen-bond donors (Lipinski definition) is 4. The highest BCUT2D eigenvalue weighted by molar-refractivity contribution is 5.81. The molecule has 52 heavy (non-hydrogen) atoms. The van der Waals surface area contributed by atoms with Crippen molar-refractivity contribution in [1.82, 2.24) is 30.2 Å². The van der Waals surface area contributed by atoms with Gasteiger partial charge in [-0.1, -0.05) is 38.1 Å². The molecule has 2 saturated carbocycles. The van der Waals surface area contributed by atoms with Gasteiger partial charge in [-0.2, -0.15) is 0 Å². The standard InChI is InChI=1S/C39H45N7O6/c1-21(2)32(44-38(49)52-3)20-45-14-4-5-33(45)35-40-18-30(42-35)24-9-12-28-22(15-24)6-7-23-16-25(10-13-29(23)28)31-19-41-36(43-31)34-26-8-11-27(17-26)39(34,37(47)48)46(50)51/h9-10,12-13,15-16,18-19,21,26-27,32-34H,4-8,11,14,17,20H2,1-3H3,(H,40,42)(H,41,43)(H,44,49)(H,47,48)/t26?,27?,32-,33+,34?,39?/m1/s1. The molecule has 4 aromatic rings. The van der Waals surface area contributed by atoms with Crippen molar-refractivity contribution in [3.63, 3.8) is 0 Å². The number of nitro groups is 1. The van der Waals surface area contributed by atoms with Gasteiger partial charge in [0.1, 0.15) is 17.6 Å². The van der Waals surface area contributed by atoms with E-state index < -0.39 is 34.4 Å². The molecule has 3 heterocycles. The highest BCUT2D eigenvalue weighted by Crippen LogP contribution is 2.60. The van der Waals surface area contributed by atoms with Crippen LogP contribution in [0.15, 0.2) is 48.8 Å². The van der Waals surface area contributed by atoms with E-state index in [2.05, 4.69) is 69.3 Å². The summed E-state index contributed by atoms with van der Waals surface area (Å²) >= 11 is 0. The van der Waals surface area contributed by atoms with Crippen molar-refractivity contribution in [2.75, 3.05) is 20.2 Å². The molecule has 2 aromatic heterocycles. The largest absolute Gasteiger partial charge is 0.476 e. The number of carboxylic acid groups (broad SMARTS) is 1. The first-order chi connectivity index (χ1) is 25.1. The zero-order chi connectivity index (χ0) is 36.3. The second kappa shape index (κ2) is 13.2. The molecule has 4 N–H and O–H groups in total. The molecule has 1 saturated heterocycles. The Labute approximate surface area is 301 Å². The van der Waals surface area contributed by atoms with E-state index in [1.54, 1.807) is 6.20 Å². The number of nitrogens with one attached hydrogen (secondary N) is 3. The van der Waals surface area contributed by atoms with Crippen LogP contribution in [-0.4, -0.2) is 78.7 Å². The van der Waals surface area contributed by atoms with Crippen LogP contribution in [0.3, 0.4) is 0 Å². The molecular formula is C39H45N7O6. The third-order valence-corrected chi connectivity index (χ3v) is 12.4. The maximum absolute atomic E-state index is 12.4. The first-order valence-corrected chi connectivity index (χ1v) is 18.4. The second-order valence-corrected chi connectivity index (χ2v) is 15.4. The Morgan fingerprint density at radius 3 is 2.25 bits per heavy atom. The van der Waals surface area contributed by atoms with Crippen molar-refractivity contribution in [3.8, 4) is 33.6 Å². The smallest absolute Gasteiger partial charge is 0.407 e. The number of carboxylic acids is 1. The average Bonchev–Trinajstić information content (AvgIpc) is 3.99. The summed E-state index contributed by atoms with van der Waals surface area (Å²) in [6, 6.07) is 13.0. The van der Waals surface area contributed by atoms with Gasteiger partial charge in [0.2, 0.25) is 0 Å². The van der Waals surface area contributed by atoms with Crippen LogP contribution in [0.1, 0.15) is 80.7 Å². The number of amides is 1. The predicted molar refractivity (Wildman–Crippen MR) is 193 cm³/mol. The topological polar surface area (TPSA) is 179 Å². The first kappa shape index (κ1) is 34.1. The van der Waals surface area contributed by atoms with Gasteiger partial charge in [-0.25, -0.2) is 19.6 Å². The van der Waals surface area contributed by atoms with E-state index in [9.17, 15) is 24.8 Å². The minimum absolute atomic E-state index is 0.0269. The second-order valence-electron chi connectivity index (χ2n) is 15.4. The number of carbonyl (C=O) groups is 2. The summed E-state index contributed by atoms with van der Waals surface area (Å²) in [7, 11) is 1.39. The minimum Gasteiger partial charge on any atom is -0.476 e. The van der Waals surface area contributed by atoms with Gasteiger partial charge in [-0.3, -0.25) is 15.0 Å². The van der Waals surface area contributed by atoms with Gasteiger partial charge < -0.3 is 25.1 Å². The third kappa shape index (κ3) is 5.56. The first-order valence-electron chi connectivity index (χ1n) is 18.4. The van der Waals surface area contributed by atoms with E-state index in [4.69, 9.17) is 9.72 Å². The summed E-state index contributed by atoms with van der Waals surface area (Å²) in [5.74, 6) is -1.09. The maximum atomic E-state index is 12.4. The number of aliphatic carboxylic acids is 1. The van der Waals surface area contributed by atoms with Crippen molar-refractivity contribution >= 4 is 12.1 Å². The van der Waals surface area contributed by atoms with Gasteiger partial charge in [0.25, 0.3) is 0 Å². The molecule has 4 unspecified atom stereocenters. The van der Waals surface area contributed by atoms with Gasteiger partial charge in [-0.15, -0.1) is 0 Å². The van der Waals surface area contributed by atoms with Crippen molar-refractivity contribution in [2.45, 2.75) is 82.3 Å². The van der Waals surface area contributed by atoms with E-state index in [1.807, 2.05) is 12.3 Å². The Balaban J connectivity index is 0.998. The van der Waals surface area contributed by atoms with Crippen LogP contribution >= 0.6 is 0 Å². The number of imidazole rings is 2. The lowest BCUT2D eigenvalue weighted by Gasteiger charge is -2.31. The van der Waals surface area contributed by atoms with Gasteiger partial charge in [0.15, 0.2) is 0 Å². The highest BCUT2D eigenvalue weighted by Gasteiger charge is 2.73. The number of H-pyrrole nitrogens is 2. The average molecular weight is 708 g/mol. The van der Waals surface area contributed by atoms with Gasteiger partial charge in [-0.05, 0) is 109 Å². The molecule has 3 aliphatic carbocycles. The third-order valence-electron chi connectivity index (χ3n) is 12.4. The number of likely N-dealkylation sites (tertiary alicyclic amines) is 1. The maximum Gasteiger partial charge on any atom is 0.407 e. The molecule has 3 fully saturated rings. The monoisotopic (exact) mass is 707 g/mol.